The zero-order chi connectivity index (χ0) is 14.7. The van der Waals surface area contributed by atoms with Crippen molar-refractivity contribution in [2.24, 2.45) is 0 Å². The lowest BCUT2D eigenvalue weighted by Gasteiger charge is -2.09. The normalized spacial score (nSPS) is 10.9. The van der Waals surface area contributed by atoms with Gasteiger partial charge in [-0.1, -0.05) is 17.8 Å². The topological polar surface area (TPSA) is 101 Å². The van der Waals surface area contributed by atoms with Crippen LogP contribution in [0.1, 0.15) is 35.9 Å². The molecule has 0 aliphatic rings. The van der Waals surface area contributed by atoms with Gasteiger partial charge in [-0.05, 0) is 25.5 Å². The van der Waals surface area contributed by atoms with Crippen molar-refractivity contribution in [3.05, 3.63) is 40.1 Å². The zero-order valence-corrected chi connectivity index (χ0v) is 11.8. The van der Waals surface area contributed by atoms with Gasteiger partial charge in [0.25, 0.3) is 0 Å². The Kier molecular flexibility index (Phi) is 4.23. The maximum atomic E-state index is 11.6. The summed E-state index contributed by atoms with van der Waals surface area (Å²) < 4.78 is 1.53. The van der Waals surface area contributed by atoms with Crippen molar-refractivity contribution >= 4 is 17.7 Å². The third-order valence-corrected chi connectivity index (χ3v) is 3.64. The monoisotopic (exact) mass is 294 g/mol. The minimum Gasteiger partial charge on any atom is -0.477 e. The summed E-state index contributed by atoms with van der Waals surface area (Å²) in [6.07, 6.45) is 1.44. The molecule has 0 aliphatic heterocycles. The van der Waals surface area contributed by atoms with Crippen LogP contribution in [0.2, 0.25) is 0 Å². The summed E-state index contributed by atoms with van der Waals surface area (Å²) in [6, 6.07) is 3.37. The van der Waals surface area contributed by atoms with Gasteiger partial charge >= 0.3 is 11.7 Å². The number of aromatic carboxylic acids is 1. The summed E-state index contributed by atoms with van der Waals surface area (Å²) in [5.74, 6) is -0.684. The first-order valence-electron chi connectivity index (χ1n) is 5.97. The van der Waals surface area contributed by atoms with Crippen LogP contribution in [0.4, 0.5) is 0 Å². The van der Waals surface area contributed by atoms with Gasteiger partial charge < -0.3 is 5.11 Å². The quantitative estimate of drug-likeness (QED) is 0.811. The van der Waals surface area contributed by atoms with Crippen LogP contribution in [0.3, 0.4) is 0 Å². The van der Waals surface area contributed by atoms with E-state index in [9.17, 15) is 9.59 Å². The molecule has 2 aromatic rings. The summed E-state index contributed by atoms with van der Waals surface area (Å²) in [5, 5.41) is 15.9. The van der Waals surface area contributed by atoms with Gasteiger partial charge in [0.1, 0.15) is 0 Å². The molecule has 0 saturated heterocycles. The van der Waals surface area contributed by atoms with Crippen LogP contribution >= 0.6 is 11.8 Å². The molecule has 0 unspecified atom stereocenters. The average molecular weight is 294 g/mol. The van der Waals surface area contributed by atoms with Crippen molar-refractivity contribution in [1.29, 1.82) is 0 Å². The number of aromatic nitrogens is 4. The molecule has 8 heteroatoms. The predicted molar refractivity (Wildman–Crippen MR) is 74.0 cm³/mol. The Morgan fingerprint density at radius 2 is 2.30 bits per heavy atom. The molecular formula is C12H14N4O3S. The molecule has 7 nitrogen and oxygen atoms in total. The number of nitrogens with zero attached hydrogens (tertiary/aromatic N) is 3. The Morgan fingerprint density at radius 1 is 1.55 bits per heavy atom. The van der Waals surface area contributed by atoms with Crippen molar-refractivity contribution in [3.8, 4) is 0 Å². The molecular weight excluding hydrogens is 280 g/mol. The van der Waals surface area contributed by atoms with Gasteiger partial charge in [0.2, 0.25) is 0 Å². The van der Waals surface area contributed by atoms with Crippen LogP contribution in [0.15, 0.2) is 28.3 Å². The average Bonchev–Trinajstić information content (AvgIpc) is 2.77. The van der Waals surface area contributed by atoms with Crippen LogP contribution in [0, 0.1) is 0 Å². The molecule has 0 aliphatic carbocycles. The van der Waals surface area contributed by atoms with Gasteiger partial charge in [-0.2, -0.15) is 0 Å². The highest BCUT2D eigenvalue weighted by Gasteiger charge is 2.15. The highest BCUT2D eigenvalue weighted by atomic mass is 32.2. The minimum atomic E-state index is -1.07. The van der Waals surface area contributed by atoms with Crippen LogP contribution in [-0.4, -0.2) is 30.8 Å². The number of rotatable bonds is 5. The van der Waals surface area contributed by atoms with Crippen LogP contribution in [-0.2, 0) is 5.75 Å². The Morgan fingerprint density at radius 3 is 2.95 bits per heavy atom. The van der Waals surface area contributed by atoms with Crippen LogP contribution in [0.25, 0.3) is 0 Å². The van der Waals surface area contributed by atoms with E-state index in [0.29, 0.717) is 16.5 Å². The standard InChI is InChI=1S/C12H14N4O3S/c1-7(2)16-11(19)14-15-12(16)20-6-8-4-3-5-13-9(8)10(17)18/h3-5,7H,6H2,1-2H3,(H,14,19)(H,17,18). The smallest absolute Gasteiger partial charge is 0.354 e. The molecule has 0 aromatic carbocycles. The van der Waals surface area contributed by atoms with E-state index in [2.05, 4.69) is 15.2 Å². The second kappa shape index (κ2) is 5.91. The summed E-state index contributed by atoms with van der Waals surface area (Å²) in [7, 11) is 0. The summed E-state index contributed by atoms with van der Waals surface area (Å²) >= 11 is 1.30. The Bertz CT molecular complexity index is 677. The Labute approximate surface area is 119 Å². The molecule has 2 N–H and O–H groups in total. The van der Waals surface area contributed by atoms with E-state index < -0.39 is 5.97 Å². The van der Waals surface area contributed by atoms with Gasteiger partial charge in [0, 0.05) is 18.0 Å². The molecule has 0 fully saturated rings. The number of nitrogens with one attached hydrogen (secondary N) is 1. The van der Waals surface area contributed by atoms with E-state index in [0.717, 1.165) is 0 Å². The first-order chi connectivity index (χ1) is 9.50. The predicted octanol–water partition coefficient (Wildman–Crippen LogP) is 1.54. The van der Waals surface area contributed by atoms with E-state index >= 15 is 0 Å². The van der Waals surface area contributed by atoms with Crippen LogP contribution < -0.4 is 5.69 Å². The highest BCUT2D eigenvalue weighted by molar-refractivity contribution is 7.98. The second-order valence-electron chi connectivity index (χ2n) is 4.38. The number of hydrogen-bond acceptors (Lipinski definition) is 5. The first-order valence-corrected chi connectivity index (χ1v) is 6.96. The number of carboxylic acids is 1. The Balaban J connectivity index is 2.22. The van der Waals surface area contributed by atoms with Crippen LogP contribution in [0.5, 0.6) is 0 Å². The third-order valence-electron chi connectivity index (χ3n) is 2.64. The lowest BCUT2D eigenvalue weighted by atomic mass is 10.2. The first kappa shape index (κ1) is 14.3. The van der Waals surface area contributed by atoms with Crippen molar-refractivity contribution in [3.63, 3.8) is 0 Å². The number of pyridine rings is 1. The third kappa shape index (κ3) is 2.90. The summed E-state index contributed by atoms with van der Waals surface area (Å²) in [6.45, 7) is 3.77. The molecule has 2 heterocycles. The minimum absolute atomic E-state index is 0.0170. The molecule has 2 rings (SSSR count). The van der Waals surface area contributed by atoms with Crippen molar-refractivity contribution < 1.29 is 9.90 Å². The van der Waals surface area contributed by atoms with Gasteiger partial charge in [0.05, 0.1) is 0 Å². The van der Waals surface area contributed by atoms with Crippen molar-refractivity contribution in [2.75, 3.05) is 0 Å². The fraction of sp³-hybridized carbons (Fsp3) is 0.333. The molecule has 0 spiro atoms. The lowest BCUT2D eigenvalue weighted by molar-refractivity contribution is 0.0689. The van der Waals surface area contributed by atoms with E-state index in [1.54, 1.807) is 12.1 Å². The van der Waals surface area contributed by atoms with Gasteiger partial charge in [-0.25, -0.2) is 19.7 Å². The molecule has 0 atom stereocenters. The number of aromatic amines is 1. The van der Waals surface area contributed by atoms with Crippen molar-refractivity contribution in [1.82, 2.24) is 19.7 Å². The largest absolute Gasteiger partial charge is 0.477 e. The molecule has 0 amide bonds. The molecule has 0 bridgehead atoms. The molecule has 0 saturated carbocycles. The van der Waals surface area contributed by atoms with E-state index in [1.165, 1.54) is 22.5 Å². The fourth-order valence-electron chi connectivity index (χ4n) is 1.74. The van der Waals surface area contributed by atoms with E-state index in [1.807, 2.05) is 13.8 Å². The molecule has 2 aromatic heterocycles. The van der Waals surface area contributed by atoms with Crippen molar-refractivity contribution in [2.45, 2.75) is 30.8 Å². The number of carbonyl (C=O) groups is 1. The number of carboxylic acid groups (broad SMARTS) is 1. The number of H-pyrrole nitrogens is 1. The van der Waals surface area contributed by atoms with Gasteiger partial charge in [-0.15, -0.1) is 5.10 Å². The highest BCUT2D eigenvalue weighted by Crippen LogP contribution is 2.22. The molecule has 20 heavy (non-hydrogen) atoms. The lowest BCUT2D eigenvalue weighted by Crippen LogP contribution is -2.19. The van der Waals surface area contributed by atoms with Gasteiger partial charge in [0.15, 0.2) is 10.9 Å². The van der Waals surface area contributed by atoms with E-state index in [4.69, 9.17) is 5.11 Å². The molecule has 0 radical (unpaired) electrons. The summed E-state index contributed by atoms with van der Waals surface area (Å²) in [4.78, 5) is 26.5. The SMILES string of the molecule is CC(C)n1c(SCc2cccnc2C(=O)O)n[nH]c1=O. The summed E-state index contributed by atoms with van der Waals surface area (Å²) in [5.41, 5.74) is 0.344. The number of hydrogen-bond donors (Lipinski definition) is 2. The second-order valence-corrected chi connectivity index (χ2v) is 5.32. The Hall–Kier alpha value is -2.09. The maximum Gasteiger partial charge on any atom is 0.354 e. The molecule has 106 valence electrons. The number of thioether (sulfide) groups is 1. The van der Waals surface area contributed by atoms with Gasteiger partial charge in [-0.3, -0.25) is 4.57 Å². The van der Waals surface area contributed by atoms with E-state index in [-0.39, 0.29) is 17.4 Å². The maximum absolute atomic E-state index is 11.6. The fourth-order valence-corrected chi connectivity index (χ4v) is 2.80. The zero-order valence-electron chi connectivity index (χ0n) is 11.0.